The molecule has 0 aliphatic carbocycles. The summed E-state index contributed by atoms with van der Waals surface area (Å²) in [6, 6.07) is 12.9. The van der Waals surface area contributed by atoms with Gasteiger partial charge in [-0.2, -0.15) is 0 Å². The van der Waals surface area contributed by atoms with E-state index in [1.807, 2.05) is 23.7 Å². The Labute approximate surface area is 239 Å². The van der Waals surface area contributed by atoms with Gasteiger partial charge in [-0.25, -0.2) is 24.3 Å². The van der Waals surface area contributed by atoms with E-state index in [2.05, 4.69) is 31.8 Å². The van der Waals surface area contributed by atoms with E-state index in [0.29, 0.717) is 39.1 Å². The molecule has 3 aromatic heterocycles. The number of rotatable bonds is 7. The van der Waals surface area contributed by atoms with Crippen molar-refractivity contribution in [2.45, 2.75) is 12.0 Å². The summed E-state index contributed by atoms with van der Waals surface area (Å²) < 4.78 is 22.9. The predicted octanol–water partition coefficient (Wildman–Crippen LogP) is 3.74. The van der Waals surface area contributed by atoms with E-state index in [4.69, 9.17) is 34.0 Å². The normalized spacial score (nSPS) is 11.4. The van der Waals surface area contributed by atoms with Gasteiger partial charge >= 0.3 is 6.01 Å². The molecule has 0 saturated heterocycles. The van der Waals surface area contributed by atoms with Crippen LogP contribution in [-0.4, -0.2) is 53.9 Å². The second-order valence-electron chi connectivity index (χ2n) is 9.46. The smallest absolute Gasteiger partial charge is 0.322 e. The number of carbonyl (C=O) groups excluding carboxylic acids is 1. The molecule has 3 N–H and O–H groups in total. The maximum Gasteiger partial charge on any atom is 0.322 e. The molecule has 6 radical (unpaired) electrons. The molecule has 196 valence electrons. The number of fused-ring (bicyclic) bond motifs is 1. The van der Waals surface area contributed by atoms with Crippen LogP contribution < -0.4 is 15.8 Å². The Bertz CT molecular complexity index is 1820. The summed E-state index contributed by atoms with van der Waals surface area (Å²) in [5.41, 5.74) is 10.5. The molecule has 0 spiro atoms. The fraction of sp³-hybridized carbons (Fsp3) is 0.107. The monoisotopic (exact) mass is 539 g/mol. The molecule has 0 aliphatic heterocycles. The van der Waals surface area contributed by atoms with Gasteiger partial charge in [-0.05, 0) is 48.4 Å². The lowest BCUT2D eigenvalue weighted by atomic mass is 9.41. The van der Waals surface area contributed by atoms with Crippen molar-refractivity contribution in [3.05, 3.63) is 84.7 Å². The van der Waals surface area contributed by atoms with Gasteiger partial charge in [-0.1, -0.05) is 29.9 Å². The lowest BCUT2D eigenvalue weighted by Gasteiger charge is -2.19. The zero-order valence-corrected chi connectivity index (χ0v) is 22.2. The molecule has 0 atom stereocenters. The van der Waals surface area contributed by atoms with E-state index in [-0.39, 0.29) is 29.2 Å². The number of hydrogen-bond donors (Lipinski definition) is 2. The van der Waals surface area contributed by atoms with Crippen LogP contribution in [0.4, 0.5) is 15.9 Å². The summed E-state index contributed by atoms with van der Waals surface area (Å²) in [6.07, 6.45) is 2.72. The average Bonchev–Trinajstić information content (AvgIpc) is 3.23. The first-order valence-electron chi connectivity index (χ1n) is 12.3. The van der Waals surface area contributed by atoms with Crippen LogP contribution in [0.1, 0.15) is 12.6 Å². The Morgan fingerprint density at radius 2 is 1.78 bits per heavy atom. The van der Waals surface area contributed by atoms with Crippen LogP contribution in [-0.2, 0) is 17.0 Å². The fourth-order valence-electron chi connectivity index (χ4n) is 4.31. The van der Waals surface area contributed by atoms with Gasteiger partial charge in [-0.15, -0.1) is 0 Å². The van der Waals surface area contributed by atoms with Gasteiger partial charge < -0.3 is 20.4 Å². The minimum atomic E-state index is -1.72. The zero-order chi connectivity index (χ0) is 29.5. The minimum absolute atomic E-state index is 0.112. The fourth-order valence-corrected chi connectivity index (χ4v) is 4.31. The second kappa shape index (κ2) is 10.6. The van der Waals surface area contributed by atoms with Crippen molar-refractivity contribution < 1.29 is 13.9 Å². The number of aryl methyl sites for hydroxylation is 1. The van der Waals surface area contributed by atoms with E-state index in [9.17, 15) is 4.79 Å². The van der Waals surface area contributed by atoms with Gasteiger partial charge in [0.2, 0.25) is 0 Å². The third-order valence-electron chi connectivity index (χ3n) is 6.30. The number of halogens is 1. The molecule has 2 aromatic carbocycles. The highest BCUT2D eigenvalue weighted by molar-refractivity contribution is 6.58. The maximum absolute atomic E-state index is 15.5. The summed E-state index contributed by atoms with van der Waals surface area (Å²) in [4.78, 5) is 28.7. The van der Waals surface area contributed by atoms with Crippen LogP contribution in [0, 0.1) is 5.82 Å². The maximum atomic E-state index is 15.5. The highest BCUT2D eigenvalue weighted by atomic mass is 19.1. The van der Waals surface area contributed by atoms with E-state index in [1.165, 1.54) is 30.7 Å². The summed E-state index contributed by atoms with van der Waals surface area (Å²) in [6.45, 7) is 5.28. The molecular formula is C28H21B3FN7O2. The molecule has 0 aliphatic rings. The first-order valence-corrected chi connectivity index (χ1v) is 12.3. The Balaban J connectivity index is 1.58. The summed E-state index contributed by atoms with van der Waals surface area (Å²) in [5.74, 6) is -0.871. The summed E-state index contributed by atoms with van der Waals surface area (Å²) >= 11 is 0. The number of nitrogens with one attached hydrogen (secondary N) is 1. The highest BCUT2D eigenvalue weighted by Crippen LogP contribution is 2.42. The number of hydrogen-bond acceptors (Lipinski definition) is 7. The molecule has 0 unspecified atom stereocenters. The zero-order valence-electron chi connectivity index (χ0n) is 22.2. The number of carbonyl (C=O) groups is 1. The molecule has 3 heterocycles. The number of nitrogen functional groups attached to an aromatic ring is 1. The molecule has 9 nitrogen and oxygen atoms in total. The van der Waals surface area contributed by atoms with Crippen molar-refractivity contribution in [2.24, 2.45) is 7.05 Å². The van der Waals surface area contributed by atoms with Gasteiger partial charge in [-0.3, -0.25) is 4.79 Å². The molecule has 13 heteroatoms. The molecule has 0 fully saturated rings. The second-order valence-corrected chi connectivity index (χ2v) is 9.46. The highest BCUT2D eigenvalue weighted by Gasteiger charge is 2.23. The topological polar surface area (TPSA) is 121 Å². The lowest BCUT2D eigenvalue weighted by Crippen LogP contribution is -2.28. The number of nitrogens with zero attached hydrogens (tertiary/aromatic N) is 5. The average molecular weight is 539 g/mol. The van der Waals surface area contributed by atoms with Crippen molar-refractivity contribution in [1.82, 2.24) is 24.5 Å². The van der Waals surface area contributed by atoms with Crippen molar-refractivity contribution in [3.8, 4) is 34.1 Å². The van der Waals surface area contributed by atoms with E-state index in [0.717, 1.165) is 5.56 Å². The number of ether oxygens (including phenoxy) is 1. The van der Waals surface area contributed by atoms with Crippen molar-refractivity contribution >= 4 is 52.0 Å². The van der Waals surface area contributed by atoms with Gasteiger partial charge in [0.15, 0.2) is 11.6 Å². The molecule has 0 bridgehead atoms. The van der Waals surface area contributed by atoms with Crippen LogP contribution >= 0.6 is 0 Å². The van der Waals surface area contributed by atoms with Crippen LogP contribution in [0.3, 0.4) is 0 Å². The van der Waals surface area contributed by atoms with E-state index >= 15 is 4.39 Å². The van der Waals surface area contributed by atoms with Crippen LogP contribution in [0.25, 0.3) is 33.4 Å². The number of anilines is 2. The SMILES string of the molecule is [B]C([B])([B])c1ccnc(Oc2ccc(-c3c(-c4ccc(NC(=O)C(=C)C)cc4)n(C)c4ncnc(N)c34)cc2F)n1. The Kier molecular flexibility index (Phi) is 7.12. The molecular weight excluding hydrogens is 518 g/mol. The lowest BCUT2D eigenvalue weighted by molar-refractivity contribution is -0.112. The van der Waals surface area contributed by atoms with Crippen molar-refractivity contribution in [3.63, 3.8) is 0 Å². The summed E-state index contributed by atoms with van der Waals surface area (Å²) in [7, 11) is 18.9. The molecule has 41 heavy (non-hydrogen) atoms. The Hall–Kier alpha value is -4.93. The van der Waals surface area contributed by atoms with Crippen LogP contribution in [0.2, 0.25) is 0 Å². The van der Waals surface area contributed by atoms with Crippen molar-refractivity contribution in [1.29, 1.82) is 0 Å². The summed E-state index contributed by atoms with van der Waals surface area (Å²) in [5, 5.41) is 1.62. The number of aromatic nitrogens is 5. The van der Waals surface area contributed by atoms with Crippen LogP contribution in [0.15, 0.2) is 73.2 Å². The van der Waals surface area contributed by atoms with E-state index < -0.39 is 10.9 Å². The van der Waals surface area contributed by atoms with Gasteiger partial charge in [0.25, 0.3) is 5.91 Å². The quantitative estimate of drug-likeness (QED) is 0.239. The number of nitrogens with two attached hydrogens (primary N) is 1. The third kappa shape index (κ3) is 5.43. The molecule has 0 saturated carbocycles. The first kappa shape index (κ1) is 27.6. The molecule has 5 aromatic rings. The van der Waals surface area contributed by atoms with Crippen molar-refractivity contribution in [2.75, 3.05) is 11.1 Å². The van der Waals surface area contributed by atoms with Crippen LogP contribution in [0.5, 0.6) is 11.8 Å². The minimum Gasteiger partial charge on any atom is -0.421 e. The standard InChI is InChI=1S/C28H21B3FN7O2/c1-14(2)26(40)37-17-7-4-15(5-8-17)23-21(22-24(33)35-13-36-25(22)39(23)3)16-6-9-19(18(32)12-16)41-27-34-11-10-20(38-27)28(29,30)31/h4-13H,1H2,2-3H3,(H,37,40)(H2,33,35,36). The molecule has 1 amide bonds. The number of benzene rings is 2. The third-order valence-corrected chi connectivity index (χ3v) is 6.30. The Morgan fingerprint density at radius 1 is 1.07 bits per heavy atom. The first-order chi connectivity index (χ1) is 19.4. The van der Waals surface area contributed by atoms with Gasteiger partial charge in [0.1, 0.15) is 17.8 Å². The Morgan fingerprint density at radius 3 is 2.44 bits per heavy atom. The predicted molar refractivity (Wildman–Crippen MR) is 158 cm³/mol. The molecule has 5 rings (SSSR count). The van der Waals surface area contributed by atoms with Gasteiger partial charge in [0.05, 0.1) is 34.6 Å². The van der Waals surface area contributed by atoms with E-state index in [1.54, 1.807) is 25.1 Å². The number of amides is 1. The largest absolute Gasteiger partial charge is 0.421 e. The van der Waals surface area contributed by atoms with Gasteiger partial charge in [0, 0.05) is 35.8 Å².